The number of alkyl carbamates (subject to hydrolysis) is 1. The van der Waals surface area contributed by atoms with E-state index in [-0.39, 0.29) is 12.5 Å². The lowest BCUT2D eigenvalue weighted by Crippen LogP contribution is -2.47. The highest BCUT2D eigenvalue weighted by Crippen LogP contribution is 2.44. The molecule has 1 unspecified atom stereocenters. The van der Waals surface area contributed by atoms with Gasteiger partial charge in [0, 0.05) is 5.92 Å². The standard InChI is InChI=1S/C17H16N2O4/c18-15(16(20)21)19-17(22)23-9-14-12-7-3-1-5-10(12)11-6-2-4-8-13(11)14/h1-8,14-15H,9,18H2,(H,19,22)(H,20,21). The van der Waals surface area contributed by atoms with Gasteiger partial charge in [-0.1, -0.05) is 48.5 Å². The summed E-state index contributed by atoms with van der Waals surface area (Å²) in [5.41, 5.74) is 9.67. The summed E-state index contributed by atoms with van der Waals surface area (Å²) in [6.45, 7) is 0.117. The van der Waals surface area contributed by atoms with E-state index in [1.165, 1.54) is 0 Å². The van der Waals surface area contributed by atoms with E-state index >= 15 is 0 Å². The Morgan fingerprint density at radius 2 is 1.61 bits per heavy atom. The molecule has 6 nitrogen and oxygen atoms in total. The molecule has 0 bridgehead atoms. The molecule has 1 aliphatic carbocycles. The van der Waals surface area contributed by atoms with Crippen molar-refractivity contribution in [1.82, 2.24) is 5.32 Å². The van der Waals surface area contributed by atoms with Crippen LogP contribution in [0.4, 0.5) is 4.79 Å². The molecule has 0 radical (unpaired) electrons. The zero-order valence-electron chi connectivity index (χ0n) is 12.2. The molecular formula is C17H16N2O4. The largest absolute Gasteiger partial charge is 0.479 e. The van der Waals surface area contributed by atoms with Crippen LogP contribution >= 0.6 is 0 Å². The van der Waals surface area contributed by atoms with Gasteiger partial charge in [0.25, 0.3) is 0 Å². The molecule has 0 spiro atoms. The van der Waals surface area contributed by atoms with E-state index in [1.807, 2.05) is 48.5 Å². The van der Waals surface area contributed by atoms with Crippen molar-refractivity contribution in [1.29, 1.82) is 0 Å². The van der Waals surface area contributed by atoms with Gasteiger partial charge in [0.05, 0.1) is 0 Å². The second-order valence-electron chi connectivity index (χ2n) is 5.29. The highest BCUT2D eigenvalue weighted by molar-refractivity contribution is 5.80. The first kappa shape index (κ1) is 15.1. The number of hydrogen-bond acceptors (Lipinski definition) is 4. The van der Waals surface area contributed by atoms with Gasteiger partial charge < -0.3 is 15.6 Å². The second-order valence-corrected chi connectivity index (χ2v) is 5.29. The Morgan fingerprint density at radius 3 is 2.13 bits per heavy atom. The number of nitrogens with two attached hydrogens (primary N) is 1. The predicted octanol–water partition coefficient (Wildman–Crippen LogP) is 1.89. The van der Waals surface area contributed by atoms with Gasteiger partial charge in [0.15, 0.2) is 6.17 Å². The third-order valence-electron chi connectivity index (χ3n) is 3.88. The van der Waals surface area contributed by atoms with Gasteiger partial charge in [-0.2, -0.15) is 0 Å². The number of carboxylic acids is 1. The summed E-state index contributed by atoms with van der Waals surface area (Å²) < 4.78 is 5.17. The van der Waals surface area contributed by atoms with Gasteiger partial charge in [0.1, 0.15) is 6.61 Å². The van der Waals surface area contributed by atoms with Crippen LogP contribution < -0.4 is 11.1 Å². The second kappa shape index (κ2) is 6.10. The zero-order chi connectivity index (χ0) is 16.4. The number of benzene rings is 2. The molecule has 0 saturated heterocycles. The van der Waals surface area contributed by atoms with Gasteiger partial charge in [-0.25, -0.2) is 9.59 Å². The maximum Gasteiger partial charge on any atom is 0.408 e. The van der Waals surface area contributed by atoms with E-state index in [9.17, 15) is 9.59 Å². The number of nitrogens with one attached hydrogen (secondary N) is 1. The summed E-state index contributed by atoms with van der Waals surface area (Å²) in [6, 6.07) is 15.9. The molecule has 23 heavy (non-hydrogen) atoms. The van der Waals surface area contributed by atoms with E-state index in [4.69, 9.17) is 15.6 Å². The van der Waals surface area contributed by atoms with E-state index in [0.29, 0.717) is 0 Å². The van der Waals surface area contributed by atoms with E-state index in [2.05, 4.69) is 5.32 Å². The fourth-order valence-corrected chi connectivity index (χ4v) is 2.83. The molecule has 1 aliphatic rings. The van der Waals surface area contributed by atoms with Crippen LogP contribution in [0.1, 0.15) is 17.0 Å². The Kier molecular flexibility index (Phi) is 3.99. The lowest BCUT2D eigenvalue weighted by molar-refractivity contribution is -0.139. The zero-order valence-corrected chi connectivity index (χ0v) is 12.2. The van der Waals surface area contributed by atoms with Crippen molar-refractivity contribution in [3.8, 4) is 11.1 Å². The van der Waals surface area contributed by atoms with Crippen molar-refractivity contribution in [2.24, 2.45) is 5.73 Å². The maximum absolute atomic E-state index is 11.7. The third kappa shape index (κ3) is 2.89. The molecule has 2 aromatic rings. The number of hydrogen-bond donors (Lipinski definition) is 3. The SMILES string of the molecule is NC(NC(=O)OCC1c2ccccc2-c2ccccc21)C(=O)O. The van der Waals surface area contributed by atoms with Gasteiger partial charge >= 0.3 is 12.1 Å². The molecule has 6 heteroatoms. The summed E-state index contributed by atoms with van der Waals surface area (Å²) >= 11 is 0. The number of fused-ring (bicyclic) bond motifs is 3. The third-order valence-corrected chi connectivity index (χ3v) is 3.88. The highest BCUT2D eigenvalue weighted by atomic mass is 16.5. The molecule has 1 amide bonds. The molecule has 2 aromatic carbocycles. The Hall–Kier alpha value is -2.86. The number of ether oxygens (including phenoxy) is 1. The van der Waals surface area contributed by atoms with Crippen molar-refractivity contribution in [3.63, 3.8) is 0 Å². The molecule has 0 aromatic heterocycles. The van der Waals surface area contributed by atoms with Gasteiger partial charge in [-0.3, -0.25) is 5.32 Å². The Bertz CT molecular complexity index is 714. The first-order valence-corrected chi connectivity index (χ1v) is 7.18. The van der Waals surface area contributed by atoms with Crippen molar-refractivity contribution < 1.29 is 19.4 Å². The Morgan fingerprint density at radius 1 is 1.09 bits per heavy atom. The number of amides is 1. The van der Waals surface area contributed by atoms with Gasteiger partial charge in [0.2, 0.25) is 0 Å². The van der Waals surface area contributed by atoms with Gasteiger partial charge in [-0.05, 0) is 22.3 Å². The van der Waals surface area contributed by atoms with Crippen molar-refractivity contribution in [2.45, 2.75) is 12.1 Å². The lowest BCUT2D eigenvalue weighted by atomic mass is 9.98. The smallest absolute Gasteiger partial charge is 0.408 e. The average molecular weight is 312 g/mol. The fourth-order valence-electron chi connectivity index (χ4n) is 2.83. The number of carbonyl (C=O) groups excluding carboxylic acids is 1. The molecule has 0 fully saturated rings. The minimum Gasteiger partial charge on any atom is -0.479 e. The molecule has 1 atom stereocenters. The van der Waals surface area contributed by atoms with Crippen molar-refractivity contribution in [3.05, 3.63) is 59.7 Å². The summed E-state index contributed by atoms with van der Waals surface area (Å²) in [7, 11) is 0. The summed E-state index contributed by atoms with van der Waals surface area (Å²) in [6.07, 6.45) is -2.33. The molecule has 4 N–H and O–H groups in total. The number of rotatable bonds is 4. The molecule has 0 heterocycles. The minimum absolute atomic E-state index is 0.0748. The highest BCUT2D eigenvalue weighted by Gasteiger charge is 2.29. The number of carbonyl (C=O) groups is 2. The topological polar surface area (TPSA) is 102 Å². The summed E-state index contributed by atoms with van der Waals surface area (Å²) in [5.74, 6) is -1.40. The van der Waals surface area contributed by atoms with Crippen molar-refractivity contribution >= 4 is 12.1 Å². The maximum atomic E-state index is 11.7. The normalized spacial score (nSPS) is 13.8. The first-order valence-electron chi connectivity index (χ1n) is 7.18. The van der Waals surface area contributed by atoms with Crippen LogP contribution in [-0.4, -0.2) is 29.9 Å². The van der Waals surface area contributed by atoms with Crippen LogP contribution in [0.3, 0.4) is 0 Å². The molecular weight excluding hydrogens is 296 g/mol. The van der Waals surface area contributed by atoms with Crippen LogP contribution in [-0.2, 0) is 9.53 Å². The van der Waals surface area contributed by atoms with E-state index < -0.39 is 18.2 Å². The van der Waals surface area contributed by atoms with Crippen LogP contribution in [0, 0.1) is 0 Å². The Labute approximate surface area is 132 Å². The van der Waals surface area contributed by atoms with Crippen LogP contribution in [0.5, 0.6) is 0 Å². The number of aliphatic carboxylic acids is 1. The van der Waals surface area contributed by atoms with Crippen LogP contribution in [0.25, 0.3) is 11.1 Å². The van der Waals surface area contributed by atoms with E-state index in [0.717, 1.165) is 22.3 Å². The predicted molar refractivity (Wildman–Crippen MR) is 83.8 cm³/mol. The first-order chi connectivity index (χ1) is 11.1. The monoisotopic (exact) mass is 312 g/mol. The van der Waals surface area contributed by atoms with E-state index in [1.54, 1.807) is 0 Å². The molecule has 118 valence electrons. The molecule has 0 saturated carbocycles. The fraction of sp³-hybridized carbons (Fsp3) is 0.176. The lowest BCUT2D eigenvalue weighted by Gasteiger charge is -2.15. The quantitative estimate of drug-likeness (QED) is 0.748. The van der Waals surface area contributed by atoms with Crippen molar-refractivity contribution in [2.75, 3.05) is 6.61 Å². The summed E-state index contributed by atoms with van der Waals surface area (Å²) in [4.78, 5) is 22.3. The average Bonchev–Trinajstić information content (AvgIpc) is 2.87. The molecule has 3 rings (SSSR count). The number of carboxylic acid groups (broad SMARTS) is 1. The summed E-state index contributed by atoms with van der Waals surface area (Å²) in [5, 5.41) is 10.7. The van der Waals surface area contributed by atoms with Crippen LogP contribution in [0.15, 0.2) is 48.5 Å². The van der Waals surface area contributed by atoms with Gasteiger partial charge in [-0.15, -0.1) is 0 Å². The molecule has 0 aliphatic heterocycles. The Balaban J connectivity index is 1.76. The van der Waals surface area contributed by atoms with Crippen LogP contribution in [0.2, 0.25) is 0 Å². The minimum atomic E-state index is -1.48.